The highest BCUT2D eigenvalue weighted by atomic mass is 79.9. The fourth-order valence-electron chi connectivity index (χ4n) is 5.95. The highest BCUT2D eigenvalue weighted by molar-refractivity contribution is 9.10. The predicted octanol–water partition coefficient (Wildman–Crippen LogP) is 4.17. The maximum atomic E-state index is 14.0. The van der Waals surface area contributed by atoms with Gasteiger partial charge in [-0.1, -0.05) is 17.7 Å². The molecule has 0 bridgehead atoms. The van der Waals surface area contributed by atoms with Crippen molar-refractivity contribution in [3.05, 3.63) is 80.6 Å². The van der Waals surface area contributed by atoms with Gasteiger partial charge in [0.1, 0.15) is 0 Å². The highest BCUT2D eigenvalue weighted by Gasteiger charge is 2.37. The molecule has 9 heteroatoms. The van der Waals surface area contributed by atoms with Crippen molar-refractivity contribution in [2.75, 3.05) is 32.7 Å². The first-order chi connectivity index (χ1) is 18.5. The molecule has 1 aliphatic heterocycles. The third-order valence-corrected chi connectivity index (χ3v) is 8.87. The molecule has 200 valence electrons. The summed E-state index contributed by atoms with van der Waals surface area (Å²) < 4.78 is 3.04. The van der Waals surface area contributed by atoms with Crippen molar-refractivity contribution in [1.29, 1.82) is 0 Å². The average molecular weight is 598 g/mol. The second kappa shape index (κ2) is 11.1. The number of piperazine rings is 1. The van der Waals surface area contributed by atoms with Gasteiger partial charge in [0.2, 0.25) is 5.91 Å². The maximum Gasteiger partial charge on any atom is 0.241 e. The SMILES string of the molecule is Cn1cncc1CCN(CC1CC1)C(=O)[C@H]1CN(C2c3ccc(Cl)cc3CCc3cc(Br)cnc32)CCN1. The normalized spacial score (nSPS) is 21.4. The van der Waals surface area contributed by atoms with Gasteiger partial charge in [0.25, 0.3) is 0 Å². The smallest absolute Gasteiger partial charge is 0.241 e. The van der Waals surface area contributed by atoms with E-state index in [2.05, 4.69) is 54.2 Å². The number of hydrogen-bond donors (Lipinski definition) is 1. The van der Waals surface area contributed by atoms with Crippen LogP contribution in [-0.4, -0.2) is 69.0 Å². The fourth-order valence-corrected chi connectivity index (χ4v) is 6.53. The Morgan fingerprint density at radius 3 is 2.84 bits per heavy atom. The standard InChI is InChI=1S/C29H34BrClN6O/c1-35-18-32-15-24(35)8-10-37(16-19-2-3-19)29(38)26-17-36(11-9-33-26)28-25-7-6-23(31)13-20(25)4-5-21-12-22(30)14-34-27(21)28/h6-7,12-15,18-19,26,28,33H,2-5,8-11,16-17H2,1H3/t26-,28?/m1/s1. The first kappa shape index (κ1) is 26.0. The largest absolute Gasteiger partial charge is 0.341 e. The Hall–Kier alpha value is -2.26. The van der Waals surface area contributed by atoms with Gasteiger partial charge in [0, 0.05) is 73.8 Å². The third kappa shape index (κ3) is 5.55. The summed E-state index contributed by atoms with van der Waals surface area (Å²) >= 11 is 10.0. The summed E-state index contributed by atoms with van der Waals surface area (Å²) in [5, 5.41) is 4.31. The fraction of sp³-hybridized carbons (Fsp3) is 0.483. The van der Waals surface area contributed by atoms with E-state index in [9.17, 15) is 4.79 Å². The van der Waals surface area contributed by atoms with Crippen LogP contribution in [-0.2, 0) is 31.1 Å². The lowest BCUT2D eigenvalue weighted by atomic mass is 9.95. The Morgan fingerprint density at radius 1 is 1.21 bits per heavy atom. The van der Waals surface area contributed by atoms with Crippen LogP contribution in [0.4, 0.5) is 0 Å². The van der Waals surface area contributed by atoms with Crippen LogP contribution in [0.1, 0.15) is 47.0 Å². The second-order valence-corrected chi connectivity index (χ2v) is 12.3. The Labute approximate surface area is 237 Å². The number of imidazole rings is 1. The number of carbonyl (C=O) groups excluding carboxylic acids is 1. The number of aromatic nitrogens is 3. The molecule has 3 aromatic rings. The van der Waals surface area contributed by atoms with Gasteiger partial charge < -0.3 is 14.8 Å². The topological polar surface area (TPSA) is 66.3 Å². The average Bonchev–Trinajstić information content (AvgIpc) is 3.67. The zero-order valence-corrected chi connectivity index (χ0v) is 24.1. The van der Waals surface area contributed by atoms with E-state index in [4.69, 9.17) is 16.6 Å². The monoisotopic (exact) mass is 596 g/mol. The molecule has 1 amide bonds. The predicted molar refractivity (Wildman–Crippen MR) is 152 cm³/mol. The van der Waals surface area contributed by atoms with Gasteiger partial charge in [-0.3, -0.25) is 14.7 Å². The van der Waals surface area contributed by atoms with Crippen molar-refractivity contribution in [2.24, 2.45) is 13.0 Å². The minimum absolute atomic E-state index is 0.00316. The van der Waals surface area contributed by atoms with E-state index >= 15 is 0 Å². The van der Waals surface area contributed by atoms with E-state index < -0.39 is 0 Å². The molecule has 6 rings (SSSR count). The number of nitrogens with zero attached hydrogens (tertiary/aromatic N) is 5. The lowest BCUT2D eigenvalue weighted by molar-refractivity contribution is -0.135. The molecule has 2 atom stereocenters. The number of amides is 1. The zero-order valence-electron chi connectivity index (χ0n) is 21.7. The molecule has 1 aromatic carbocycles. The van der Waals surface area contributed by atoms with Gasteiger partial charge in [-0.15, -0.1) is 0 Å². The molecule has 2 aliphatic carbocycles. The summed E-state index contributed by atoms with van der Waals surface area (Å²) in [4.78, 5) is 27.7. The number of halogens is 2. The van der Waals surface area contributed by atoms with Gasteiger partial charge in [-0.05, 0) is 82.4 Å². The Balaban J connectivity index is 1.26. The molecule has 0 spiro atoms. The molecular formula is C29H34BrClN6O. The zero-order chi connectivity index (χ0) is 26.2. The van der Waals surface area contributed by atoms with Crippen LogP contribution >= 0.6 is 27.5 Å². The van der Waals surface area contributed by atoms with Crippen LogP contribution in [0.25, 0.3) is 0 Å². The molecule has 1 saturated carbocycles. The molecule has 2 aromatic heterocycles. The third-order valence-electron chi connectivity index (χ3n) is 8.20. The molecule has 0 radical (unpaired) electrons. The number of fused-ring (bicyclic) bond motifs is 2. The summed E-state index contributed by atoms with van der Waals surface area (Å²) in [5.41, 5.74) is 6.02. The first-order valence-corrected chi connectivity index (χ1v) is 14.8. The highest BCUT2D eigenvalue weighted by Crippen LogP contribution is 2.38. The molecule has 3 aliphatic rings. The molecule has 7 nitrogen and oxygen atoms in total. The molecule has 2 fully saturated rings. The Bertz CT molecular complexity index is 1270. The number of pyridine rings is 1. The van der Waals surface area contributed by atoms with E-state index in [1.54, 1.807) is 0 Å². The van der Waals surface area contributed by atoms with Gasteiger partial charge in [0.05, 0.1) is 24.1 Å². The van der Waals surface area contributed by atoms with Crippen LogP contribution in [0.15, 0.2) is 47.5 Å². The number of hydrogen-bond acceptors (Lipinski definition) is 5. The van der Waals surface area contributed by atoms with Gasteiger partial charge in [-0.2, -0.15) is 0 Å². The summed E-state index contributed by atoms with van der Waals surface area (Å²) in [6.07, 6.45) is 10.7. The summed E-state index contributed by atoms with van der Waals surface area (Å²) in [5.74, 6) is 0.843. The quantitative estimate of drug-likeness (QED) is 0.443. The minimum Gasteiger partial charge on any atom is -0.341 e. The molecule has 1 N–H and O–H groups in total. The number of nitrogens with one attached hydrogen (secondary N) is 1. The maximum absolute atomic E-state index is 14.0. The van der Waals surface area contributed by atoms with Crippen molar-refractivity contribution in [3.8, 4) is 0 Å². The van der Waals surface area contributed by atoms with Crippen molar-refractivity contribution in [3.63, 3.8) is 0 Å². The lowest BCUT2D eigenvalue weighted by Gasteiger charge is -2.40. The van der Waals surface area contributed by atoms with Gasteiger partial charge in [0.15, 0.2) is 0 Å². The Kier molecular flexibility index (Phi) is 7.58. The molecule has 1 unspecified atom stereocenters. The van der Waals surface area contributed by atoms with Crippen LogP contribution < -0.4 is 5.32 Å². The minimum atomic E-state index is -0.244. The van der Waals surface area contributed by atoms with E-state index in [1.807, 2.05) is 36.4 Å². The van der Waals surface area contributed by atoms with Crippen LogP contribution in [0.3, 0.4) is 0 Å². The lowest BCUT2D eigenvalue weighted by Crippen LogP contribution is -2.59. The van der Waals surface area contributed by atoms with E-state index in [0.717, 1.165) is 66.3 Å². The molecule has 3 heterocycles. The van der Waals surface area contributed by atoms with Crippen molar-refractivity contribution >= 4 is 33.4 Å². The molecule has 38 heavy (non-hydrogen) atoms. The second-order valence-electron chi connectivity index (χ2n) is 10.9. The van der Waals surface area contributed by atoms with Gasteiger partial charge in [-0.25, -0.2) is 4.98 Å². The van der Waals surface area contributed by atoms with Crippen LogP contribution in [0, 0.1) is 5.92 Å². The summed E-state index contributed by atoms with van der Waals surface area (Å²) in [6.45, 7) is 3.83. The van der Waals surface area contributed by atoms with Gasteiger partial charge >= 0.3 is 0 Å². The number of rotatable bonds is 7. The molecule has 1 saturated heterocycles. The Morgan fingerprint density at radius 2 is 2.05 bits per heavy atom. The van der Waals surface area contributed by atoms with Crippen molar-refractivity contribution in [1.82, 2.24) is 29.7 Å². The van der Waals surface area contributed by atoms with E-state index in [1.165, 1.54) is 29.5 Å². The van der Waals surface area contributed by atoms with E-state index in [0.29, 0.717) is 12.5 Å². The number of aryl methyl sites for hydroxylation is 3. The van der Waals surface area contributed by atoms with Crippen molar-refractivity contribution in [2.45, 2.75) is 44.2 Å². The van der Waals surface area contributed by atoms with E-state index in [-0.39, 0.29) is 18.0 Å². The van der Waals surface area contributed by atoms with Crippen LogP contribution in [0.5, 0.6) is 0 Å². The summed E-state index contributed by atoms with van der Waals surface area (Å²) in [6, 6.07) is 8.20. The number of carbonyl (C=O) groups is 1. The summed E-state index contributed by atoms with van der Waals surface area (Å²) in [7, 11) is 2.01. The molecular weight excluding hydrogens is 564 g/mol. The first-order valence-electron chi connectivity index (χ1n) is 13.6. The number of benzene rings is 1. The van der Waals surface area contributed by atoms with Crippen molar-refractivity contribution < 1.29 is 4.79 Å². The van der Waals surface area contributed by atoms with Crippen LogP contribution in [0.2, 0.25) is 5.02 Å².